The summed E-state index contributed by atoms with van der Waals surface area (Å²) < 4.78 is 13.8. The maximum absolute atomic E-state index is 13.2. The van der Waals surface area contributed by atoms with Crippen LogP contribution < -0.4 is 5.32 Å². The van der Waals surface area contributed by atoms with Crippen LogP contribution in [0.15, 0.2) is 46.9 Å². The van der Waals surface area contributed by atoms with Crippen LogP contribution >= 0.6 is 15.9 Å². The van der Waals surface area contributed by atoms with Crippen LogP contribution in [0.1, 0.15) is 11.1 Å². The largest absolute Gasteiger partial charge is 0.352 e. The van der Waals surface area contributed by atoms with E-state index in [1.807, 2.05) is 0 Å². The summed E-state index contributed by atoms with van der Waals surface area (Å²) in [7, 11) is 0. The van der Waals surface area contributed by atoms with Gasteiger partial charge in [0, 0.05) is 23.2 Å². The molecule has 2 rings (SSSR count). The fourth-order valence-corrected chi connectivity index (χ4v) is 2.41. The second-order valence-electron chi connectivity index (χ2n) is 4.65. The Hall–Kier alpha value is -2.28. The van der Waals surface area contributed by atoms with E-state index in [1.54, 1.807) is 6.07 Å². The number of rotatable bonds is 5. The zero-order chi connectivity index (χ0) is 16.1. The molecule has 1 amide bonds. The van der Waals surface area contributed by atoms with Crippen molar-refractivity contribution in [3.05, 3.63) is 74.0 Å². The maximum Gasteiger partial charge on any atom is 0.269 e. The van der Waals surface area contributed by atoms with Crippen molar-refractivity contribution in [3.8, 4) is 0 Å². The van der Waals surface area contributed by atoms with Gasteiger partial charge < -0.3 is 5.32 Å². The first-order valence-corrected chi connectivity index (χ1v) is 7.18. The van der Waals surface area contributed by atoms with Crippen molar-refractivity contribution < 1.29 is 14.1 Å². The number of benzene rings is 2. The second-order valence-corrected chi connectivity index (χ2v) is 5.57. The minimum Gasteiger partial charge on any atom is -0.352 e. The Morgan fingerprint density at radius 3 is 2.45 bits per heavy atom. The maximum atomic E-state index is 13.2. The molecule has 7 heteroatoms. The van der Waals surface area contributed by atoms with Gasteiger partial charge in [-0.1, -0.05) is 28.1 Å². The smallest absolute Gasteiger partial charge is 0.269 e. The van der Waals surface area contributed by atoms with Gasteiger partial charge in [-0.25, -0.2) is 4.39 Å². The minimum atomic E-state index is -0.494. The molecule has 0 spiro atoms. The molecule has 0 atom stereocenters. The van der Waals surface area contributed by atoms with Crippen molar-refractivity contribution in [2.45, 2.75) is 13.0 Å². The Labute approximate surface area is 134 Å². The van der Waals surface area contributed by atoms with Crippen LogP contribution in [-0.4, -0.2) is 10.8 Å². The Balaban J connectivity index is 1.91. The van der Waals surface area contributed by atoms with Gasteiger partial charge in [-0.3, -0.25) is 14.9 Å². The van der Waals surface area contributed by atoms with E-state index in [0.29, 0.717) is 15.6 Å². The van der Waals surface area contributed by atoms with Crippen molar-refractivity contribution >= 4 is 27.5 Å². The number of hydrogen-bond acceptors (Lipinski definition) is 3. The van der Waals surface area contributed by atoms with Crippen LogP contribution in [-0.2, 0) is 17.8 Å². The first-order valence-electron chi connectivity index (χ1n) is 6.39. The van der Waals surface area contributed by atoms with Gasteiger partial charge in [0.05, 0.1) is 11.3 Å². The van der Waals surface area contributed by atoms with E-state index in [9.17, 15) is 19.3 Å². The minimum absolute atomic E-state index is 0.0197. The normalized spacial score (nSPS) is 10.3. The lowest BCUT2D eigenvalue weighted by molar-refractivity contribution is -0.384. The molecule has 0 heterocycles. The highest BCUT2D eigenvalue weighted by molar-refractivity contribution is 9.10. The van der Waals surface area contributed by atoms with E-state index in [4.69, 9.17) is 0 Å². The van der Waals surface area contributed by atoms with E-state index in [-0.39, 0.29) is 30.4 Å². The zero-order valence-corrected chi connectivity index (χ0v) is 13.0. The molecule has 0 bridgehead atoms. The number of nitro groups is 1. The fourth-order valence-electron chi connectivity index (χ4n) is 1.90. The predicted octanol–water partition coefficient (Wildman–Crippen LogP) is 3.36. The quantitative estimate of drug-likeness (QED) is 0.651. The molecule has 5 nitrogen and oxygen atoms in total. The Kier molecular flexibility index (Phi) is 5.21. The summed E-state index contributed by atoms with van der Waals surface area (Å²) >= 11 is 3.18. The van der Waals surface area contributed by atoms with E-state index in [0.717, 1.165) is 0 Å². The first kappa shape index (κ1) is 16.1. The standard InChI is InChI=1S/C15H12BrFN2O3/c16-12-5-11(6-13(17)8-12)9-18-15(20)7-10-1-3-14(4-2-10)19(21)22/h1-6,8H,7,9H2,(H,18,20). The summed E-state index contributed by atoms with van der Waals surface area (Å²) in [6, 6.07) is 10.2. The molecule has 0 aromatic heterocycles. The summed E-state index contributed by atoms with van der Waals surface area (Å²) in [5.41, 5.74) is 1.29. The lowest BCUT2D eigenvalue weighted by atomic mass is 10.1. The average molecular weight is 367 g/mol. The van der Waals surface area contributed by atoms with E-state index < -0.39 is 4.92 Å². The number of non-ortho nitro benzene ring substituents is 1. The predicted molar refractivity (Wildman–Crippen MR) is 82.7 cm³/mol. The van der Waals surface area contributed by atoms with Gasteiger partial charge >= 0.3 is 0 Å². The number of carbonyl (C=O) groups excluding carboxylic acids is 1. The van der Waals surface area contributed by atoms with Gasteiger partial charge in [-0.05, 0) is 29.3 Å². The highest BCUT2D eigenvalue weighted by Gasteiger charge is 2.08. The molecule has 0 fully saturated rings. The van der Waals surface area contributed by atoms with Gasteiger partial charge in [-0.2, -0.15) is 0 Å². The average Bonchev–Trinajstić information content (AvgIpc) is 2.45. The van der Waals surface area contributed by atoms with Crippen molar-refractivity contribution in [2.75, 3.05) is 0 Å². The summed E-state index contributed by atoms with van der Waals surface area (Å²) in [6.07, 6.45) is 0.106. The lowest BCUT2D eigenvalue weighted by Crippen LogP contribution is -2.24. The zero-order valence-electron chi connectivity index (χ0n) is 11.4. The number of halogens is 2. The number of hydrogen-bond donors (Lipinski definition) is 1. The number of nitrogens with one attached hydrogen (secondary N) is 1. The lowest BCUT2D eigenvalue weighted by Gasteiger charge is -2.06. The molecule has 2 aromatic rings. The monoisotopic (exact) mass is 366 g/mol. The first-order chi connectivity index (χ1) is 10.4. The SMILES string of the molecule is O=C(Cc1ccc([N+](=O)[O-])cc1)NCc1cc(F)cc(Br)c1. The Morgan fingerprint density at radius 2 is 1.86 bits per heavy atom. The molecular formula is C15H12BrFN2O3. The number of amides is 1. The molecule has 0 saturated heterocycles. The number of nitro benzene ring substituents is 1. The van der Waals surface area contributed by atoms with Crippen LogP contribution in [0, 0.1) is 15.9 Å². The van der Waals surface area contributed by atoms with Crippen LogP contribution in [0.5, 0.6) is 0 Å². The summed E-state index contributed by atoms with van der Waals surface area (Å²) in [5.74, 6) is -0.622. The summed E-state index contributed by atoms with van der Waals surface area (Å²) in [5, 5.41) is 13.2. The molecule has 0 saturated carbocycles. The van der Waals surface area contributed by atoms with E-state index in [1.165, 1.54) is 36.4 Å². The van der Waals surface area contributed by atoms with Crippen molar-refractivity contribution in [3.63, 3.8) is 0 Å². The van der Waals surface area contributed by atoms with Crippen LogP contribution in [0.2, 0.25) is 0 Å². The molecule has 22 heavy (non-hydrogen) atoms. The third-order valence-electron chi connectivity index (χ3n) is 2.92. The second kappa shape index (κ2) is 7.13. The molecule has 0 aliphatic heterocycles. The van der Waals surface area contributed by atoms with Crippen LogP contribution in [0.25, 0.3) is 0 Å². The molecule has 114 valence electrons. The van der Waals surface area contributed by atoms with Crippen molar-refractivity contribution in [1.82, 2.24) is 5.32 Å². The molecular weight excluding hydrogens is 355 g/mol. The van der Waals surface area contributed by atoms with Gasteiger partial charge in [0.25, 0.3) is 5.69 Å². The van der Waals surface area contributed by atoms with Gasteiger partial charge in [0.2, 0.25) is 5.91 Å². The fraction of sp³-hybridized carbons (Fsp3) is 0.133. The van der Waals surface area contributed by atoms with Gasteiger partial charge in [0.1, 0.15) is 5.82 Å². The molecule has 0 radical (unpaired) electrons. The Morgan fingerprint density at radius 1 is 1.18 bits per heavy atom. The third-order valence-corrected chi connectivity index (χ3v) is 3.38. The Bertz CT molecular complexity index is 684. The van der Waals surface area contributed by atoms with E-state index >= 15 is 0 Å². The molecule has 2 aromatic carbocycles. The molecule has 0 unspecified atom stereocenters. The third kappa shape index (κ3) is 4.63. The summed E-state index contributed by atoms with van der Waals surface area (Å²) in [4.78, 5) is 21.9. The van der Waals surface area contributed by atoms with Crippen LogP contribution in [0.4, 0.5) is 10.1 Å². The topological polar surface area (TPSA) is 72.2 Å². The number of nitrogens with zero attached hydrogens (tertiary/aromatic N) is 1. The van der Waals surface area contributed by atoms with Crippen LogP contribution in [0.3, 0.4) is 0 Å². The van der Waals surface area contributed by atoms with E-state index in [2.05, 4.69) is 21.2 Å². The highest BCUT2D eigenvalue weighted by Crippen LogP contribution is 2.15. The summed E-state index contributed by atoms with van der Waals surface area (Å²) in [6.45, 7) is 0.210. The van der Waals surface area contributed by atoms with Gasteiger partial charge in [-0.15, -0.1) is 0 Å². The van der Waals surface area contributed by atoms with Crippen molar-refractivity contribution in [2.24, 2.45) is 0 Å². The molecule has 0 aliphatic carbocycles. The van der Waals surface area contributed by atoms with Gasteiger partial charge in [0.15, 0.2) is 0 Å². The number of carbonyl (C=O) groups is 1. The molecule has 0 aliphatic rings. The highest BCUT2D eigenvalue weighted by atomic mass is 79.9. The van der Waals surface area contributed by atoms with Crippen molar-refractivity contribution in [1.29, 1.82) is 0 Å². The molecule has 1 N–H and O–H groups in total.